The third kappa shape index (κ3) is 3.06. The molecular weight excluding hydrogens is 210 g/mol. The van der Waals surface area contributed by atoms with E-state index < -0.39 is 0 Å². The molecule has 2 nitrogen and oxygen atoms in total. The molecule has 0 saturated heterocycles. The molecule has 0 unspecified atom stereocenters. The fraction of sp³-hybridized carbons (Fsp3) is 0.267. The Balaban J connectivity index is 2.15. The summed E-state index contributed by atoms with van der Waals surface area (Å²) in [6.45, 7) is 4.51. The van der Waals surface area contributed by atoms with Crippen LogP contribution < -0.4 is 0 Å². The molecule has 0 aliphatic carbocycles. The molecule has 0 radical (unpaired) electrons. The van der Waals surface area contributed by atoms with Gasteiger partial charge in [0.05, 0.1) is 0 Å². The lowest BCUT2D eigenvalue weighted by atomic mass is 10.0. The first-order chi connectivity index (χ1) is 8.15. The van der Waals surface area contributed by atoms with Gasteiger partial charge < -0.3 is 4.90 Å². The standard InChI is InChI=1S/C15H17NO/c1-12-8-15(13(2)17)11-16(9-12)10-14-6-4-3-5-7-14/h3-7,9,11H,8,10H2,1-2H3. The smallest absolute Gasteiger partial charge is 0.157 e. The third-order valence-electron chi connectivity index (χ3n) is 2.84. The van der Waals surface area contributed by atoms with Gasteiger partial charge in [-0.15, -0.1) is 0 Å². The van der Waals surface area contributed by atoms with Crippen LogP contribution in [-0.2, 0) is 11.3 Å². The molecule has 1 heterocycles. The predicted octanol–water partition coefficient (Wildman–Crippen LogP) is 3.27. The van der Waals surface area contributed by atoms with E-state index in [2.05, 4.69) is 30.2 Å². The molecule has 0 fully saturated rings. The molecule has 88 valence electrons. The highest BCUT2D eigenvalue weighted by atomic mass is 16.1. The minimum atomic E-state index is 0.163. The number of Topliss-reactive ketones (excluding diaryl/α,β-unsaturated/α-hetero) is 1. The molecule has 0 spiro atoms. The SMILES string of the molecule is CC(=O)C1=CN(Cc2ccccc2)C=C(C)C1. The highest BCUT2D eigenvalue weighted by Crippen LogP contribution is 2.20. The summed E-state index contributed by atoms with van der Waals surface area (Å²) in [4.78, 5) is 13.5. The Kier molecular flexibility index (Phi) is 3.43. The van der Waals surface area contributed by atoms with Gasteiger partial charge in [0, 0.05) is 24.5 Å². The maximum Gasteiger partial charge on any atom is 0.157 e. The van der Waals surface area contributed by atoms with Crippen molar-refractivity contribution in [3.05, 3.63) is 59.4 Å². The summed E-state index contributed by atoms with van der Waals surface area (Å²) in [5.41, 5.74) is 3.37. The quantitative estimate of drug-likeness (QED) is 0.790. The first-order valence-electron chi connectivity index (χ1n) is 5.84. The zero-order valence-corrected chi connectivity index (χ0v) is 10.3. The van der Waals surface area contributed by atoms with Gasteiger partial charge in [-0.05, 0) is 25.8 Å². The van der Waals surface area contributed by atoms with Crippen LogP contribution in [0.1, 0.15) is 25.8 Å². The van der Waals surface area contributed by atoms with Crippen molar-refractivity contribution in [1.82, 2.24) is 4.90 Å². The van der Waals surface area contributed by atoms with Crippen molar-refractivity contribution in [2.45, 2.75) is 26.8 Å². The summed E-state index contributed by atoms with van der Waals surface area (Å²) in [6.07, 6.45) is 4.85. The Morgan fingerprint density at radius 1 is 1.24 bits per heavy atom. The maximum atomic E-state index is 11.4. The van der Waals surface area contributed by atoms with Crippen LogP contribution in [-0.4, -0.2) is 10.7 Å². The van der Waals surface area contributed by atoms with Gasteiger partial charge in [0.25, 0.3) is 0 Å². The second kappa shape index (κ2) is 5.00. The van der Waals surface area contributed by atoms with Crippen LogP contribution >= 0.6 is 0 Å². The van der Waals surface area contributed by atoms with Crippen molar-refractivity contribution in [3.63, 3.8) is 0 Å². The molecular formula is C15H17NO. The van der Waals surface area contributed by atoms with E-state index in [1.165, 1.54) is 11.1 Å². The highest BCUT2D eigenvalue weighted by molar-refractivity contribution is 5.93. The minimum Gasteiger partial charge on any atom is -0.350 e. The van der Waals surface area contributed by atoms with E-state index in [0.29, 0.717) is 0 Å². The Labute approximate surface area is 102 Å². The van der Waals surface area contributed by atoms with Crippen molar-refractivity contribution in [2.24, 2.45) is 0 Å². The number of hydrogen-bond donors (Lipinski definition) is 0. The van der Waals surface area contributed by atoms with Crippen LogP contribution in [0.2, 0.25) is 0 Å². The summed E-state index contributed by atoms with van der Waals surface area (Å²) in [5, 5.41) is 0. The number of ketones is 1. The average molecular weight is 227 g/mol. The third-order valence-corrected chi connectivity index (χ3v) is 2.84. The van der Waals surface area contributed by atoms with Gasteiger partial charge in [0.2, 0.25) is 0 Å². The Morgan fingerprint density at radius 2 is 1.94 bits per heavy atom. The van der Waals surface area contributed by atoms with Crippen molar-refractivity contribution >= 4 is 5.78 Å². The van der Waals surface area contributed by atoms with Crippen molar-refractivity contribution in [2.75, 3.05) is 0 Å². The lowest BCUT2D eigenvalue weighted by Crippen LogP contribution is -2.17. The zero-order valence-electron chi connectivity index (χ0n) is 10.3. The van der Waals surface area contributed by atoms with Crippen molar-refractivity contribution in [1.29, 1.82) is 0 Å². The molecule has 0 saturated carbocycles. The molecule has 0 aromatic heterocycles. The summed E-state index contributed by atoms with van der Waals surface area (Å²) in [7, 11) is 0. The number of rotatable bonds is 3. The summed E-state index contributed by atoms with van der Waals surface area (Å²) < 4.78 is 0. The van der Waals surface area contributed by atoms with E-state index in [1.54, 1.807) is 6.92 Å². The van der Waals surface area contributed by atoms with E-state index >= 15 is 0 Å². The number of allylic oxidation sites excluding steroid dienone is 2. The number of carbonyl (C=O) groups excluding carboxylic acids is 1. The number of benzene rings is 1. The predicted molar refractivity (Wildman–Crippen MR) is 69.1 cm³/mol. The van der Waals surface area contributed by atoms with Gasteiger partial charge in [-0.1, -0.05) is 35.9 Å². The summed E-state index contributed by atoms with van der Waals surface area (Å²) in [6, 6.07) is 10.3. The molecule has 1 aliphatic heterocycles. The van der Waals surface area contributed by atoms with Gasteiger partial charge in [-0.3, -0.25) is 4.79 Å². The lowest BCUT2D eigenvalue weighted by molar-refractivity contribution is -0.113. The van der Waals surface area contributed by atoms with Crippen LogP contribution in [0.15, 0.2) is 53.9 Å². The molecule has 0 amide bonds. The second-order valence-electron chi connectivity index (χ2n) is 4.52. The molecule has 1 aromatic carbocycles. The highest BCUT2D eigenvalue weighted by Gasteiger charge is 2.12. The van der Waals surface area contributed by atoms with Crippen LogP contribution in [0.25, 0.3) is 0 Å². The van der Waals surface area contributed by atoms with Gasteiger partial charge >= 0.3 is 0 Å². The van der Waals surface area contributed by atoms with Gasteiger partial charge in [0.15, 0.2) is 5.78 Å². The maximum absolute atomic E-state index is 11.4. The second-order valence-corrected chi connectivity index (χ2v) is 4.52. The minimum absolute atomic E-state index is 0.163. The summed E-state index contributed by atoms with van der Waals surface area (Å²) in [5.74, 6) is 0.163. The summed E-state index contributed by atoms with van der Waals surface area (Å²) >= 11 is 0. The lowest BCUT2D eigenvalue weighted by Gasteiger charge is -2.23. The fourth-order valence-electron chi connectivity index (χ4n) is 2.01. The Morgan fingerprint density at radius 3 is 2.59 bits per heavy atom. The van der Waals surface area contributed by atoms with Crippen molar-refractivity contribution < 1.29 is 4.79 Å². The number of nitrogens with zero attached hydrogens (tertiary/aromatic N) is 1. The molecule has 0 N–H and O–H groups in total. The van der Waals surface area contributed by atoms with E-state index in [0.717, 1.165) is 18.5 Å². The van der Waals surface area contributed by atoms with Crippen LogP contribution in [0, 0.1) is 0 Å². The van der Waals surface area contributed by atoms with E-state index in [4.69, 9.17) is 0 Å². The number of carbonyl (C=O) groups is 1. The molecule has 1 aromatic rings. The van der Waals surface area contributed by atoms with E-state index in [-0.39, 0.29) is 5.78 Å². The van der Waals surface area contributed by atoms with Gasteiger partial charge in [-0.2, -0.15) is 0 Å². The Bertz CT molecular complexity index is 471. The Hall–Kier alpha value is -1.83. The van der Waals surface area contributed by atoms with E-state index in [9.17, 15) is 4.79 Å². The molecule has 2 rings (SSSR count). The van der Waals surface area contributed by atoms with Crippen LogP contribution in [0.4, 0.5) is 0 Å². The largest absolute Gasteiger partial charge is 0.350 e. The topological polar surface area (TPSA) is 20.3 Å². The molecule has 1 aliphatic rings. The van der Waals surface area contributed by atoms with Gasteiger partial charge in [0.1, 0.15) is 0 Å². The molecule has 0 atom stereocenters. The molecule has 0 bridgehead atoms. The van der Waals surface area contributed by atoms with Crippen LogP contribution in [0.5, 0.6) is 0 Å². The molecule has 2 heteroatoms. The molecule has 17 heavy (non-hydrogen) atoms. The number of hydrogen-bond acceptors (Lipinski definition) is 2. The van der Waals surface area contributed by atoms with Gasteiger partial charge in [-0.25, -0.2) is 0 Å². The fourth-order valence-corrected chi connectivity index (χ4v) is 2.01. The average Bonchev–Trinajstić information content (AvgIpc) is 2.29. The first-order valence-corrected chi connectivity index (χ1v) is 5.84. The normalized spacial score (nSPS) is 15.3. The first kappa shape index (κ1) is 11.6. The zero-order chi connectivity index (χ0) is 12.3. The van der Waals surface area contributed by atoms with Crippen LogP contribution in [0.3, 0.4) is 0 Å². The van der Waals surface area contributed by atoms with E-state index in [1.807, 2.05) is 24.4 Å². The monoisotopic (exact) mass is 227 g/mol. The van der Waals surface area contributed by atoms with Crippen molar-refractivity contribution in [3.8, 4) is 0 Å².